The van der Waals surface area contributed by atoms with Gasteiger partial charge in [0.15, 0.2) is 0 Å². The van der Waals surface area contributed by atoms with Crippen molar-refractivity contribution in [3.05, 3.63) is 70.9 Å². The molecule has 3 nitrogen and oxygen atoms in total. The third-order valence-electron chi connectivity index (χ3n) is 5.75. The van der Waals surface area contributed by atoms with Crippen molar-refractivity contribution in [2.45, 2.75) is 18.1 Å². The number of hydrogen-bond acceptors (Lipinski definition) is 1. The molecule has 1 aromatic heterocycles. The molecule has 5 rings (SSSR count). The lowest BCUT2D eigenvalue weighted by Crippen LogP contribution is -2.58. The molecule has 0 fully saturated rings. The molecule has 0 spiro atoms. The van der Waals surface area contributed by atoms with Crippen LogP contribution in [0.15, 0.2) is 48.5 Å². The average molecular weight is 356 g/mol. The van der Waals surface area contributed by atoms with Crippen LogP contribution in [0.2, 0.25) is 0 Å². The zero-order valence-electron chi connectivity index (χ0n) is 14.0. The van der Waals surface area contributed by atoms with Crippen molar-refractivity contribution < 1.29 is 18.0 Å². The van der Waals surface area contributed by atoms with Crippen LogP contribution in [0.4, 0.5) is 13.2 Å². The van der Waals surface area contributed by atoms with Crippen molar-refractivity contribution in [3.63, 3.8) is 0 Å². The van der Waals surface area contributed by atoms with Crippen LogP contribution >= 0.6 is 0 Å². The predicted octanol–water partition coefficient (Wildman–Crippen LogP) is 4.00. The molecule has 0 saturated carbocycles. The van der Waals surface area contributed by atoms with E-state index in [2.05, 4.69) is 0 Å². The van der Waals surface area contributed by atoms with Crippen LogP contribution in [-0.2, 0) is 19.0 Å². The van der Waals surface area contributed by atoms with E-state index < -0.39 is 17.6 Å². The fraction of sp³-hybridized carbons (Fsp3) is 0.250. The van der Waals surface area contributed by atoms with E-state index in [0.29, 0.717) is 12.0 Å². The number of rotatable bonds is 0. The van der Waals surface area contributed by atoms with Crippen LogP contribution in [0.3, 0.4) is 0 Å². The molecule has 2 aromatic carbocycles. The quantitative estimate of drug-likeness (QED) is 0.598. The van der Waals surface area contributed by atoms with Crippen LogP contribution in [-0.4, -0.2) is 28.1 Å². The fourth-order valence-electron chi connectivity index (χ4n) is 4.80. The van der Waals surface area contributed by atoms with Gasteiger partial charge in [-0.15, -0.1) is 0 Å². The van der Waals surface area contributed by atoms with Crippen LogP contribution < -0.4 is 0 Å². The first-order chi connectivity index (χ1) is 12.4. The number of hydrogen-bond donors (Lipinski definition) is 0. The summed E-state index contributed by atoms with van der Waals surface area (Å²) in [5, 5.41) is 0.824. The standard InChI is InChI=1S/C20H15F3N2O/c1-24-16-9-5-3-6-12(16)13-10-11-25-18(26)14-7-2-4-8-15(14)19(25,17(13)24)20(21,22)23/h2-9H,10-11H2,1H3. The Morgan fingerprint density at radius 2 is 1.73 bits per heavy atom. The first-order valence-electron chi connectivity index (χ1n) is 8.44. The summed E-state index contributed by atoms with van der Waals surface area (Å²) in [4.78, 5) is 13.8. The molecule has 0 saturated heterocycles. The van der Waals surface area contributed by atoms with E-state index in [1.165, 1.54) is 12.1 Å². The van der Waals surface area contributed by atoms with E-state index in [1.807, 2.05) is 24.3 Å². The minimum atomic E-state index is -4.63. The minimum Gasteiger partial charge on any atom is -0.345 e. The smallest absolute Gasteiger partial charge is 0.345 e. The highest BCUT2D eigenvalue weighted by Gasteiger charge is 2.69. The van der Waals surface area contributed by atoms with Gasteiger partial charge in [0.2, 0.25) is 5.54 Å². The molecule has 1 amide bonds. The van der Waals surface area contributed by atoms with Gasteiger partial charge >= 0.3 is 6.18 Å². The maximum Gasteiger partial charge on any atom is 0.421 e. The van der Waals surface area contributed by atoms with Crippen LogP contribution in [0.5, 0.6) is 0 Å². The summed E-state index contributed by atoms with van der Waals surface area (Å²) >= 11 is 0. The third kappa shape index (κ3) is 1.54. The van der Waals surface area contributed by atoms with Crippen molar-refractivity contribution in [2.24, 2.45) is 7.05 Å². The number of fused-ring (bicyclic) bond motifs is 7. The Labute approximate surface area is 147 Å². The summed E-state index contributed by atoms with van der Waals surface area (Å²) in [7, 11) is 1.66. The number of carbonyl (C=O) groups is 1. The second-order valence-electron chi connectivity index (χ2n) is 6.86. The molecule has 1 unspecified atom stereocenters. The monoisotopic (exact) mass is 356 g/mol. The lowest BCUT2D eigenvalue weighted by Gasteiger charge is -2.44. The molecule has 2 aliphatic heterocycles. The second-order valence-corrected chi connectivity index (χ2v) is 6.86. The number of carbonyl (C=O) groups excluding carboxylic acids is 1. The lowest BCUT2D eigenvalue weighted by atomic mass is 9.80. The number of alkyl halides is 3. The van der Waals surface area contributed by atoms with Crippen LogP contribution in [0.1, 0.15) is 27.2 Å². The third-order valence-corrected chi connectivity index (χ3v) is 5.75. The summed E-state index contributed by atoms with van der Waals surface area (Å²) in [5.74, 6) is -0.547. The summed E-state index contributed by atoms with van der Waals surface area (Å²) in [5.41, 5.74) is -0.661. The number of aromatic nitrogens is 1. The molecule has 0 N–H and O–H groups in total. The van der Waals surface area contributed by atoms with E-state index in [9.17, 15) is 18.0 Å². The number of halogens is 3. The molecule has 3 heterocycles. The van der Waals surface area contributed by atoms with Crippen molar-refractivity contribution in [2.75, 3.05) is 6.54 Å². The number of amides is 1. The van der Waals surface area contributed by atoms with Crippen molar-refractivity contribution in [1.82, 2.24) is 9.47 Å². The Morgan fingerprint density at radius 1 is 1.04 bits per heavy atom. The molecule has 132 valence electrons. The zero-order valence-corrected chi connectivity index (χ0v) is 14.0. The highest BCUT2D eigenvalue weighted by atomic mass is 19.4. The molecule has 6 heteroatoms. The summed E-state index contributed by atoms with van der Waals surface area (Å²) in [6.07, 6.45) is -4.22. The predicted molar refractivity (Wildman–Crippen MR) is 90.9 cm³/mol. The highest BCUT2D eigenvalue weighted by molar-refractivity contribution is 6.02. The van der Waals surface area contributed by atoms with Gasteiger partial charge in [-0.25, -0.2) is 0 Å². The number of para-hydroxylation sites is 1. The lowest BCUT2D eigenvalue weighted by molar-refractivity contribution is -0.214. The van der Waals surface area contributed by atoms with Crippen molar-refractivity contribution in [3.8, 4) is 0 Å². The van der Waals surface area contributed by atoms with E-state index in [1.54, 1.807) is 23.7 Å². The molecule has 26 heavy (non-hydrogen) atoms. The number of nitrogens with zero attached hydrogens (tertiary/aromatic N) is 2. The van der Waals surface area contributed by atoms with Crippen molar-refractivity contribution >= 4 is 16.8 Å². The Morgan fingerprint density at radius 3 is 2.50 bits per heavy atom. The van der Waals surface area contributed by atoms with Crippen LogP contribution in [0, 0.1) is 0 Å². The zero-order chi connectivity index (χ0) is 18.3. The summed E-state index contributed by atoms with van der Waals surface area (Å²) in [6.45, 7) is 0.0496. The second kappa shape index (κ2) is 4.69. The maximum absolute atomic E-state index is 14.7. The Balaban J connectivity index is 1.99. The molecule has 1 atom stereocenters. The highest BCUT2D eigenvalue weighted by Crippen LogP contribution is 2.57. The van der Waals surface area contributed by atoms with E-state index >= 15 is 0 Å². The van der Waals surface area contributed by atoms with Gasteiger partial charge in [-0.2, -0.15) is 13.2 Å². The summed E-state index contributed by atoms with van der Waals surface area (Å²) in [6, 6.07) is 13.4. The van der Waals surface area contributed by atoms with Gasteiger partial charge < -0.3 is 9.47 Å². The first-order valence-corrected chi connectivity index (χ1v) is 8.44. The van der Waals surface area contributed by atoms with Gasteiger partial charge in [0.05, 0.1) is 5.69 Å². The number of aryl methyl sites for hydroxylation is 1. The van der Waals surface area contributed by atoms with Gasteiger partial charge in [0.1, 0.15) is 0 Å². The van der Waals surface area contributed by atoms with E-state index in [0.717, 1.165) is 15.8 Å². The molecule has 0 radical (unpaired) electrons. The van der Waals surface area contributed by atoms with Crippen LogP contribution in [0.25, 0.3) is 10.9 Å². The Bertz CT molecular complexity index is 1080. The molecule has 3 aromatic rings. The molecular weight excluding hydrogens is 341 g/mol. The first kappa shape index (κ1) is 15.5. The van der Waals surface area contributed by atoms with Gasteiger partial charge in [-0.1, -0.05) is 36.4 Å². The van der Waals surface area contributed by atoms with Gasteiger partial charge in [0.25, 0.3) is 5.91 Å². The topological polar surface area (TPSA) is 25.2 Å². The minimum absolute atomic E-state index is 0.0318. The Kier molecular flexibility index (Phi) is 2.80. The number of benzene rings is 2. The molecule has 0 aliphatic carbocycles. The summed E-state index contributed by atoms with van der Waals surface area (Å²) < 4.78 is 45.8. The Hall–Kier alpha value is -2.76. The van der Waals surface area contributed by atoms with E-state index in [4.69, 9.17) is 0 Å². The normalized spacial score (nSPS) is 21.7. The molecule has 2 aliphatic rings. The molecule has 0 bridgehead atoms. The molecular formula is C20H15F3N2O. The largest absolute Gasteiger partial charge is 0.421 e. The van der Waals surface area contributed by atoms with Gasteiger partial charge in [-0.3, -0.25) is 4.79 Å². The maximum atomic E-state index is 14.7. The van der Waals surface area contributed by atoms with Crippen molar-refractivity contribution in [1.29, 1.82) is 0 Å². The average Bonchev–Trinajstić information content (AvgIpc) is 3.07. The SMILES string of the molecule is Cn1c2c(c3ccccc31)CCN1C(=O)c3ccccc3C21C(F)(F)F. The fourth-order valence-corrected chi connectivity index (χ4v) is 4.80. The van der Waals surface area contributed by atoms with Gasteiger partial charge in [-0.05, 0) is 24.1 Å². The van der Waals surface area contributed by atoms with Gasteiger partial charge in [0, 0.05) is 35.6 Å². The van der Waals surface area contributed by atoms with E-state index in [-0.39, 0.29) is 23.4 Å².